The van der Waals surface area contributed by atoms with Crippen molar-refractivity contribution in [2.75, 3.05) is 14.1 Å². The molecule has 0 spiro atoms. The lowest BCUT2D eigenvalue weighted by atomic mass is 9.83. The van der Waals surface area contributed by atoms with Crippen molar-refractivity contribution < 1.29 is 51.8 Å². The number of nitrogens with one attached hydrogen (secondary N) is 4. The van der Waals surface area contributed by atoms with Gasteiger partial charge in [0.25, 0.3) is 5.78 Å². The van der Waals surface area contributed by atoms with Crippen LogP contribution in [0.25, 0.3) is 0 Å². The Morgan fingerprint density at radius 3 is 1.72 bits per heavy atom. The summed E-state index contributed by atoms with van der Waals surface area (Å²) < 4.78 is 38.3. The molecule has 39 heavy (non-hydrogen) atoms. The minimum absolute atomic E-state index is 0.491. The predicted molar refractivity (Wildman–Crippen MR) is 130 cm³/mol. The first-order chi connectivity index (χ1) is 17.5. The average molecular weight is 568 g/mol. The quantitative estimate of drug-likeness (QED) is 0.194. The van der Waals surface area contributed by atoms with Crippen molar-refractivity contribution in [1.29, 1.82) is 0 Å². The Bertz CT molecular complexity index is 981. The largest absolute Gasteiger partial charge is 0.481 e. The highest BCUT2D eigenvalue weighted by atomic mass is 19.4. The number of Topliss-reactive ketones (excluding diaryl/α,β-unsaturated/α-hetero) is 1. The molecule has 0 bridgehead atoms. The van der Waals surface area contributed by atoms with E-state index in [1.807, 2.05) is 0 Å². The third-order valence-electron chi connectivity index (χ3n) is 5.67. The van der Waals surface area contributed by atoms with Crippen molar-refractivity contribution in [1.82, 2.24) is 26.2 Å². The molecule has 0 aliphatic heterocycles. The van der Waals surface area contributed by atoms with Gasteiger partial charge in [0.05, 0.1) is 17.9 Å². The van der Waals surface area contributed by atoms with Crippen LogP contribution >= 0.6 is 0 Å². The van der Waals surface area contributed by atoms with Crippen LogP contribution in [0.4, 0.5) is 13.2 Å². The fourth-order valence-corrected chi connectivity index (χ4v) is 3.13. The second-order valence-electron chi connectivity index (χ2n) is 10.0. The zero-order chi connectivity index (χ0) is 31.0. The van der Waals surface area contributed by atoms with Crippen LogP contribution in [-0.4, -0.2) is 95.7 Å². The Morgan fingerprint density at radius 1 is 0.821 bits per heavy atom. The van der Waals surface area contributed by atoms with Crippen molar-refractivity contribution in [2.24, 2.45) is 11.3 Å². The molecule has 0 aliphatic rings. The number of hydrogen-bond donors (Lipinski definition) is 5. The molecule has 0 saturated carbocycles. The SMILES string of the molecule is CC(=O)N[C@H](C(=O)N[C@H](C(=O)N[C@@H](CC(=O)N(C)C)C(=O)NC(C)C(=O)C(F)(F)F)C(C)(C)C(=O)O)C(C)C. The Balaban J connectivity index is 6.27. The first kappa shape index (κ1) is 35.3. The lowest BCUT2D eigenvalue weighted by Gasteiger charge is -2.33. The van der Waals surface area contributed by atoms with E-state index in [0.29, 0.717) is 0 Å². The number of aliphatic carboxylic acids is 1. The molecule has 4 atom stereocenters. The van der Waals surface area contributed by atoms with Crippen LogP contribution in [-0.2, 0) is 33.6 Å². The van der Waals surface area contributed by atoms with E-state index in [-0.39, 0.29) is 0 Å². The minimum Gasteiger partial charge on any atom is -0.481 e. The van der Waals surface area contributed by atoms with Gasteiger partial charge < -0.3 is 31.3 Å². The topological polar surface area (TPSA) is 191 Å². The number of hydrogen-bond acceptors (Lipinski definition) is 7. The number of carbonyl (C=O) groups excluding carboxylic acids is 6. The molecule has 0 aromatic heterocycles. The molecule has 1 unspecified atom stereocenters. The van der Waals surface area contributed by atoms with Gasteiger partial charge in [-0.2, -0.15) is 13.2 Å². The minimum atomic E-state index is -5.27. The molecule has 0 radical (unpaired) electrons. The molecule has 0 aromatic rings. The molecule has 0 aliphatic carbocycles. The third kappa shape index (κ3) is 10.5. The fraction of sp³-hybridized carbons (Fsp3) is 0.696. The van der Waals surface area contributed by atoms with Gasteiger partial charge in [-0.3, -0.25) is 33.6 Å². The van der Waals surface area contributed by atoms with Gasteiger partial charge in [-0.25, -0.2) is 0 Å². The van der Waals surface area contributed by atoms with E-state index in [9.17, 15) is 51.8 Å². The van der Waals surface area contributed by atoms with Crippen LogP contribution in [0, 0.1) is 11.3 Å². The standard InChI is InChI=1S/C23H36F3N5O8/c1-10(2)15(28-12(4)32)19(36)30-16(22(5,6)21(38)39)20(37)29-13(9-14(33)31(7)8)18(35)27-11(3)17(34)23(24,25)26/h10-11,13,15-16H,9H2,1-8H3,(H,27,35)(H,28,32)(H,29,37)(H,30,36)(H,38,39)/t11?,13-,15-,16+/m0/s1. The smallest absolute Gasteiger partial charge is 0.452 e. The molecule has 0 fully saturated rings. The molecule has 0 rings (SSSR count). The van der Waals surface area contributed by atoms with Crippen molar-refractivity contribution in [2.45, 2.75) is 78.3 Å². The van der Waals surface area contributed by atoms with Gasteiger partial charge in [-0.15, -0.1) is 0 Å². The van der Waals surface area contributed by atoms with Gasteiger partial charge in [0.15, 0.2) is 0 Å². The van der Waals surface area contributed by atoms with Crippen LogP contribution in [0.15, 0.2) is 0 Å². The molecule has 5 N–H and O–H groups in total. The Kier molecular flexibility index (Phi) is 12.6. The lowest BCUT2D eigenvalue weighted by molar-refractivity contribution is -0.173. The summed E-state index contributed by atoms with van der Waals surface area (Å²) in [5, 5.41) is 18.2. The first-order valence-corrected chi connectivity index (χ1v) is 11.8. The molecule has 16 heteroatoms. The zero-order valence-corrected chi connectivity index (χ0v) is 23.0. The number of nitrogens with zero attached hydrogens (tertiary/aromatic N) is 1. The highest BCUT2D eigenvalue weighted by Gasteiger charge is 2.46. The third-order valence-corrected chi connectivity index (χ3v) is 5.67. The van der Waals surface area contributed by atoms with Crippen LogP contribution in [0.1, 0.15) is 48.0 Å². The monoisotopic (exact) mass is 567 g/mol. The van der Waals surface area contributed by atoms with E-state index in [4.69, 9.17) is 0 Å². The summed E-state index contributed by atoms with van der Waals surface area (Å²) in [6.45, 7) is 7.23. The summed E-state index contributed by atoms with van der Waals surface area (Å²) in [5.41, 5.74) is -2.01. The number of ketones is 1. The molecule has 0 heterocycles. The van der Waals surface area contributed by atoms with Crippen LogP contribution in [0.2, 0.25) is 0 Å². The highest BCUT2D eigenvalue weighted by Crippen LogP contribution is 2.23. The first-order valence-electron chi connectivity index (χ1n) is 11.8. The second-order valence-corrected chi connectivity index (χ2v) is 10.0. The molecule has 13 nitrogen and oxygen atoms in total. The van der Waals surface area contributed by atoms with Crippen molar-refractivity contribution in [3.05, 3.63) is 0 Å². The average Bonchev–Trinajstić information content (AvgIpc) is 2.78. The van der Waals surface area contributed by atoms with E-state index < -0.39 is 89.4 Å². The van der Waals surface area contributed by atoms with Gasteiger partial charge in [0.1, 0.15) is 18.1 Å². The Morgan fingerprint density at radius 2 is 1.33 bits per heavy atom. The number of rotatable bonds is 13. The zero-order valence-electron chi connectivity index (χ0n) is 23.0. The van der Waals surface area contributed by atoms with E-state index in [2.05, 4.69) is 16.0 Å². The second kappa shape index (κ2) is 13.9. The maximum absolute atomic E-state index is 13.3. The molecule has 222 valence electrons. The van der Waals surface area contributed by atoms with Gasteiger partial charge in [0, 0.05) is 21.0 Å². The van der Waals surface area contributed by atoms with Crippen molar-refractivity contribution in [3.8, 4) is 0 Å². The number of halogens is 3. The van der Waals surface area contributed by atoms with E-state index in [1.54, 1.807) is 19.2 Å². The molecular weight excluding hydrogens is 531 g/mol. The summed E-state index contributed by atoms with van der Waals surface area (Å²) in [6, 6.07) is -6.97. The van der Waals surface area contributed by atoms with E-state index >= 15 is 0 Å². The number of alkyl halides is 3. The van der Waals surface area contributed by atoms with Gasteiger partial charge >= 0.3 is 12.1 Å². The number of carboxylic acid groups (broad SMARTS) is 1. The van der Waals surface area contributed by atoms with E-state index in [0.717, 1.165) is 32.6 Å². The fourth-order valence-electron chi connectivity index (χ4n) is 3.13. The summed E-state index contributed by atoms with van der Waals surface area (Å²) in [6.07, 6.45) is -6.04. The molecule has 5 amide bonds. The summed E-state index contributed by atoms with van der Waals surface area (Å²) in [5.74, 6) is -9.16. The lowest BCUT2D eigenvalue weighted by Crippen LogP contribution is -2.63. The van der Waals surface area contributed by atoms with Crippen molar-refractivity contribution >= 4 is 41.3 Å². The Hall–Kier alpha value is -3.72. The van der Waals surface area contributed by atoms with Crippen LogP contribution < -0.4 is 21.3 Å². The van der Waals surface area contributed by atoms with Gasteiger partial charge in [-0.1, -0.05) is 13.8 Å². The molecule has 0 aromatic carbocycles. The maximum Gasteiger partial charge on any atom is 0.452 e. The summed E-state index contributed by atoms with van der Waals surface area (Å²) >= 11 is 0. The normalized spacial score (nSPS) is 14.8. The predicted octanol–water partition coefficient (Wildman–Crippen LogP) is -0.658. The van der Waals surface area contributed by atoms with Gasteiger partial charge in [0.2, 0.25) is 29.5 Å². The number of carbonyl (C=O) groups is 7. The highest BCUT2D eigenvalue weighted by molar-refractivity contribution is 5.99. The van der Waals surface area contributed by atoms with Crippen LogP contribution in [0.3, 0.4) is 0 Å². The molecule has 0 saturated heterocycles. The summed E-state index contributed by atoms with van der Waals surface area (Å²) in [7, 11) is 2.61. The Labute approximate surface area is 223 Å². The molecular formula is C23H36F3N5O8. The van der Waals surface area contributed by atoms with E-state index in [1.165, 1.54) is 14.1 Å². The summed E-state index contributed by atoms with van der Waals surface area (Å²) in [4.78, 5) is 87.2. The van der Waals surface area contributed by atoms with Gasteiger partial charge in [-0.05, 0) is 26.7 Å². The number of amides is 5. The van der Waals surface area contributed by atoms with Crippen LogP contribution in [0.5, 0.6) is 0 Å². The number of carboxylic acids is 1. The maximum atomic E-state index is 13.3. The van der Waals surface area contributed by atoms with Crippen molar-refractivity contribution in [3.63, 3.8) is 0 Å².